The van der Waals surface area contributed by atoms with Crippen molar-refractivity contribution in [2.75, 3.05) is 18.5 Å². The van der Waals surface area contributed by atoms with E-state index in [-0.39, 0.29) is 36.8 Å². The van der Waals surface area contributed by atoms with E-state index in [9.17, 15) is 40.3 Å². The van der Waals surface area contributed by atoms with E-state index in [1.54, 1.807) is 11.8 Å². The van der Waals surface area contributed by atoms with Gasteiger partial charge in [-0.3, -0.25) is 9.59 Å². The second kappa shape index (κ2) is 9.27. The Kier molecular flexibility index (Phi) is 6.95. The molecular weight excluding hydrogens is 469 g/mol. The van der Waals surface area contributed by atoms with Crippen molar-refractivity contribution in [3.8, 4) is 0 Å². The first kappa shape index (κ1) is 25.5. The van der Waals surface area contributed by atoms with Gasteiger partial charge in [0.1, 0.15) is 17.6 Å². The third kappa shape index (κ3) is 5.68. The van der Waals surface area contributed by atoms with Gasteiger partial charge >= 0.3 is 12.4 Å². The topological polar surface area (TPSA) is 40.6 Å². The zero-order chi connectivity index (χ0) is 25.4. The Labute approximate surface area is 190 Å². The maximum Gasteiger partial charge on any atom is 0.416 e. The molecule has 0 radical (unpaired) electrons. The predicted molar refractivity (Wildman–Crippen MR) is 109 cm³/mol. The first-order valence-electron chi connectivity index (χ1n) is 10.2. The van der Waals surface area contributed by atoms with Crippen molar-refractivity contribution >= 4 is 17.4 Å². The summed E-state index contributed by atoms with van der Waals surface area (Å²) < 4.78 is 92.4. The Morgan fingerprint density at radius 2 is 1.62 bits per heavy atom. The van der Waals surface area contributed by atoms with Gasteiger partial charge in [-0.15, -0.1) is 0 Å². The lowest BCUT2D eigenvalue weighted by molar-refractivity contribution is -0.143. The van der Waals surface area contributed by atoms with E-state index in [1.165, 1.54) is 25.2 Å². The monoisotopic (exact) mass is 490 g/mol. The summed E-state index contributed by atoms with van der Waals surface area (Å²) in [5.74, 6) is -1.34. The van der Waals surface area contributed by atoms with E-state index in [1.807, 2.05) is 0 Å². The molecule has 1 aliphatic rings. The Bertz CT molecular complexity index is 1060. The molecule has 1 atom stereocenters. The van der Waals surface area contributed by atoms with Crippen LogP contribution in [0.25, 0.3) is 0 Å². The van der Waals surface area contributed by atoms with E-state index >= 15 is 0 Å². The van der Waals surface area contributed by atoms with Crippen LogP contribution in [0, 0.1) is 12.7 Å². The van der Waals surface area contributed by atoms with Crippen LogP contribution in [0.2, 0.25) is 0 Å². The summed E-state index contributed by atoms with van der Waals surface area (Å²) in [6, 6.07) is 4.04. The standard InChI is InChI=1S/C23H21F7N2O2/c1-13-7-17(24)3-4-19(13)32-6-5-18(33)11-20(32)21(34)31(2)12-14-8-15(22(25,26)27)10-16(9-14)23(28,29)30/h3-4,7-10,20H,5-6,11-12H2,1-2H3. The van der Waals surface area contributed by atoms with Gasteiger partial charge in [0.2, 0.25) is 5.91 Å². The van der Waals surface area contributed by atoms with Crippen LogP contribution in [0.3, 0.4) is 0 Å². The number of likely N-dealkylation sites (N-methyl/N-ethyl adjacent to an activating group) is 1. The first-order chi connectivity index (χ1) is 15.7. The number of benzene rings is 2. The average molecular weight is 490 g/mol. The lowest BCUT2D eigenvalue weighted by atomic mass is 9.97. The molecule has 34 heavy (non-hydrogen) atoms. The highest BCUT2D eigenvalue weighted by Crippen LogP contribution is 2.37. The number of hydrogen-bond donors (Lipinski definition) is 0. The number of carbonyl (C=O) groups excluding carboxylic acids is 2. The largest absolute Gasteiger partial charge is 0.416 e. The number of ketones is 1. The minimum absolute atomic E-state index is 0.0180. The van der Waals surface area contributed by atoms with Gasteiger partial charge in [-0.05, 0) is 54.4 Å². The van der Waals surface area contributed by atoms with E-state index in [0.717, 1.165) is 4.90 Å². The molecule has 4 nitrogen and oxygen atoms in total. The second-order valence-corrected chi connectivity index (χ2v) is 8.24. The number of hydrogen-bond acceptors (Lipinski definition) is 3. The van der Waals surface area contributed by atoms with Crippen LogP contribution >= 0.6 is 0 Å². The number of carbonyl (C=O) groups is 2. The van der Waals surface area contributed by atoms with Gasteiger partial charge in [0, 0.05) is 38.7 Å². The molecule has 0 spiro atoms. The molecule has 0 bridgehead atoms. The average Bonchev–Trinajstić information content (AvgIpc) is 2.72. The molecule has 0 saturated carbocycles. The quantitative estimate of drug-likeness (QED) is 0.542. The number of rotatable bonds is 4. The molecule has 0 aliphatic carbocycles. The van der Waals surface area contributed by atoms with Crippen LogP contribution < -0.4 is 4.90 Å². The third-order valence-electron chi connectivity index (χ3n) is 5.63. The fraction of sp³-hybridized carbons (Fsp3) is 0.391. The summed E-state index contributed by atoms with van der Waals surface area (Å²) in [4.78, 5) is 27.9. The molecule has 0 aromatic heterocycles. The Morgan fingerprint density at radius 1 is 1.03 bits per heavy atom. The maximum absolute atomic E-state index is 13.5. The summed E-state index contributed by atoms with van der Waals surface area (Å²) in [5.41, 5.74) is -2.28. The second-order valence-electron chi connectivity index (χ2n) is 8.24. The van der Waals surface area contributed by atoms with E-state index < -0.39 is 47.8 Å². The zero-order valence-electron chi connectivity index (χ0n) is 18.2. The van der Waals surface area contributed by atoms with Gasteiger partial charge in [-0.1, -0.05) is 0 Å². The van der Waals surface area contributed by atoms with Crippen molar-refractivity contribution in [1.29, 1.82) is 0 Å². The van der Waals surface area contributed by atoms with E-state index in [4.69, 9.17) is 0 Å². The number of amides is 1. The van der Waals surface area contributed by atoms with E-state index in [2.05, 4.69) is 0 Å². The van der Waals surface area contributed by atoms with Crippen molar-refractivity contribution in [3.05, 3.63) is 64.5 Å². The smallest absolute Gasteiger partial charge is 0.359 e. The van der Waals surface area contributed by atoms with Crippen LogP contribution in [0.15, 0.2) is 36.4 Å². The number of nitrogens with zero attached hydrogens (tertiary/aromatic N) is 2. The van der Waals surface area contributed by atoms with Crippen LogP contribution in [0.5, 0.6) is 0 Å². The molecule has 1 aliphatic heterocycles. The minimum Gasteiger partial charge on any atom is -0.359 e. The van der Waals surface area contributed by atoms with Gasteiger partial charge < -0.3 is 9.80 Å². The lowest BCUT2D eigenvalue weighted by Gasteiger charge is -2.38. The van der Waals surface area contributed by atoms with Crippen molar-refractivity contribution in [2.45, 2.75) is 44.7 Å². The molecule has 1 fully saturated rings. The molecule has 1 amide bonds. The number of halogens is 7. The number of anilines is 1. The van der Waals surface area contributed by atoms with Gasteiger partial charge in [-0.2, -0.15) is 26.3 Å². The molecule has 2 aromatic carbocycles. The third-order valence-corrected chi connectivity index (χ3v) is 5.63. The number of piperidine rings is 1. The highest BCUT2D eigenvalue weighted by atomic mass is 19.4. The molecule has 11 heteroatoms. The van der Waals surface area contributed by atoms with E-state index in [0.29, 0.717) is 23.4 Å². The molecule has 1 saturated heterocycles. The molecule has 2 aromatic rings. The minimum atomic E-state index is -5.01. The van der Waals surface area contributed by atoms with Crippen LogP contribution in [0.4, 0.5) is 36.4 Å². The normalized spacial score (nSPS) is 17.1. The summed E-state index contributed by atoms with van der Waals surface area (Å²) >= 11 is 0. The first-order valence-corrected chi connectivity index (χ1v) is 10.2. The maximum atomic E-state index is 13.5. The molecular formula is C23H21F7N2O2. The molecule has 184 valence electrons. The Balaban J connectivity index is 1.90. The SMILES string of the molecule is Cc1cc(F)ccc1N1CCC(=O)CC1C(=O)N(C)Cc1cc(C(F)(F)F)cc(C(F)(F)F)c1. The highest BCUT2D eigenvalue weighted by molar-refractivity contribution is 5.93. The summed E-state index contributed by atoms with van der Waals surface area (Å²) in [6.07, 6.45) is -10.1. The van der Waals surface area contributed by atoms with Crippen molar-refractivity contribution in [3.63, 3.8) is 0 Å². The lowest BCUT2D eigenvalue weighted by Crippen LogP contribution is -2.52. The van der Waals surface area contributed by atoms with Crippen molar-refractivity contribution < 1.29 is 40.3 Å². The zero-order valence-corrected chi connectivity index (χ0v) is 18.2. The molecule has 1 unspecified atom stereocenters. The van der Waals surface area contributed by atoms with Crippen LogP contribution in [-0.4, -0.2) is 36.2 Å². The number of alkyl halides is 6. The molecule has 1 heterocycles. The van der Waals surface area contributed by atoms with Crippen molar-refractivity contribution in [2.24, 2.45) is 0 Å². The van der Waals surface area contributed by atoms with Crippen molar-refractivity contribution in [1.82, 2.24) is 4.90 Å². The summed E-state index contributed by atoms with van der Waals surface area (Å²) in [5, 5.41) is 0. The van der Waals surface area contributed by atoms with Gasteiger partial charge in [0.05, 0.1) is 11.1 Å². The molecule has 3 rings (SSSR count). The Hall–Kier alpha value is -3.11. The number of aryl methyl sites for hydroxylation is 1. The number of Topliss-reactive ketones (excluding diaryl/α,β-unsaturated/α-hetero) is 1. The van der Waals surface area contributed by atoms with Crippen LogP contribution in [-0.2, 0) is 28.5 Å². The fourth-order valence-electron chi connectivity index (χ4n) is 4.00. The molecule has 0 N–H and O–H groups in total. The highest BCUT2D eigenvalue weighted by Gasteiger charge is 2.38. The van der Waals surface area contributed by atoms with Gasteiger partial charge in [0.25, 0.3) is 0 Å². The Morgan fingerprint density at radius 3 is 2.15 bits per heavy atom. The fourth-order valence-corrected chi connectivity index (χ4v) is 4.00. The summed E-state index contributed by atoms with van der Waals surface area (Å²) in [7, 11) is 1.24. The predicted octanol–water partition coefficient (Wildman–Crippen LogP) is 5.37. The van der Waals surface area contributed by atoms with Crippen LogP contribution in [0.1, 0.15) is 35.1 Å². The summed E-state index contributed by atoms with van der Waals surface area (Å²) in [6.45, 7) is 1.26. The van der Waals surface area contributed by atoms with Gasteiger partial charge in [-0.25, -0.2) is 4.39 Å². The van der Waals surface area contributed by atoms with Gasteiger partial charge in [0.15, 0.2) is 0 Å².